The molecule has 1 aromatic carbocycles. The molecule has 0 aliphatic rings. The van der Waals surface area contributed by atoms with E-state index >= 15 is 0 Å². The monoisotopic (exact) mass is 456 g/mol. The van der Waals surface area contributed by atoms with Crippen LogP contribution < -0.4 is 5.32 Å². The third kappa shape index (κ3) is 3.08. The van der Waals surface area contributed by atoms with Gasteiger partial charge in [0.2, 0.25) is 0 Å². The zero-order valence-corrected chi connectivity index (χ0v) is 14.9. The van der Waals surface area contributed by atoms with E-state index in [-0.39, 0.29) is 17.1 Å². The summed E-state index contributed by atoms with van der Waals surface area (Å²) in [6, 6.07) is 6.24. The van der Waals surface area contributed by atoms with Crippen LogP contribution in [0.1, 0.15) is 10.4 Å². The fourth-order valence-electron chi connectivity index (χ4n) is 2.25. The predicted molar refractivity (Wildman–Crippen MR) is 99.2 cm³/mol. The van der Waals surface area contributed by atoms with Crippen LogP contribution in [-0.2, 0) is 0 Å². The van der Waals surface area contributed by atoms with Crippen LogP contribution in [-0.4, -0.2) is 26.0 Å². The lowest BCUT2D eigenvalue weighted by Crippen LogP contribution is -2.10. The molecule has 0 aliphatic carbocycles. The Labute approximate surface area is 153 Å². The average Bonchev–Trinajstić information content (AvgIpc) is 2.98. The summed E-state index contributed by atoms with van der Waals surface area (Å²) in [5, 5.41) is 19.7. The minimum Gasteiger partial charge on any atom is -0.478 e. The molecule has 6 nitrogen and oxygen atoms in total. The molecule has 0 saturated heterocycles. The van der Waals surface area contributed by atoms with Gasteiger partial charge in [0, 0.05) is 8.47 Å². The SMILES string of the molecule is N=CSc1cc2cncn2c(Nc2ccc(I)cc2F)c1C(=O)O. The molecule has 122 valence electrons. The van der Waals surface area contributed by atoms with E-state index in [4.69, 9.17) is 5.41 Å². The molecule has 0 radical (unpaired) electrons. The van der Waals surface area contributed by atoms with Crippen molar-refractivity contribution in [2.75, 3.05) is 5.32 Å². The number of nitrogens with one attached hydrogen (secondary N) is 2. The van der Waals surface area contributed by atoms with Crippen LogP contribution in [0.4, 0.5) is 15.9 Å². The van der Waals surface area contributed by atoms with Crippen LogP contribution in [0, 0.1) is 14.8 Å². The summed E-state index contributed by atoms with van der Waals surface area (Å²) in [6.45, 7) is 0. The van der Waals surface area contributed by atoms with Crippen LogP contribution in [0.15, 0.2) is 41.7 Å². The average molecular weight is 456 g/mol. The molecule has 0 aliphatic heterocycles. The Hall–Kier alpha value is -2.14. The van der Waals surface area contributed by atoms with E-state index in [1.54, 1.807) is 24.4 Å². The van der Waals surface area contributed by atoms with Crippen LogP contribution in [0.5, 0.6) is 0 Å². The molecule has 3 aromatic rings. The maximum atomic E-state index is 14.2. The van der Waals surface area contributed by atoms with Crippen LogP contribution in [0.2, 0.25) is 0 Å². The summed E-state index contributed by atoms with van der Waals surface area (Å²) >= 11 is 2.96. The highest BCUT2D eigenvalue weighted by Gasteiger charge is 2.21. The molecule has 0 atom stereocenters. The van der Waals surface area contributed by atoms with Crippen LogP contribution >= 0.6 is 34.4 Å². The normalized spacial score (nSPS) is 10.8. The Bertz CT molecular complexity index is 960. The second-order valence-corrected chi connectivity index (χ2v) is 6.87. The molecule has 0 unspecified atom stereocenters. The highest BCUT2D eigenvalue weighted by Crippen LogP contribution is 2.32. The van der Waals surface area contributed by atoms with Gasteiger partial charge in [0.15, 0.2) is 0 Å². The molecule has 0 saturated carbocycles. The number of carboxylic acids is 1. The molecular formula is C15H10FIN4O2S. The Kier molecular flexibility index (Phi) is 4.71. The maximum absolute atomic E-state index is 14.2. The highest BCUT2D eigenvalue weighted by molar-refractivity contribution is 14.1. The number of aromatic nitrogens is 2. The van der Waals surface area contributed by atoms with Gasteiger partial charge in [0.1, 0.15) is 23.5 Å². The number of imidazole rings is 1. The van der Waals surface area contributed by atoms with E-state index < -0.39 is 11.8 Å². The van der Waals surface area contributed by atoms with Crippen molar-refractivity contribution in [1.82, 2.24) is 9.38 Å². The maximum Gasteiger partial charge on any atom is 0.340 e. The van der Waals surface area contributed by atoms with Crippen molar-refractivity contribution in [3.8, 4) is 0 Å². The molecule has 3 N–H and O–H groups in total. The topological polar surface area (TPSA) is 90.5 Å². The molecule has 0 fully saturated rings. The van der Waals surface area contributed by atoms with Gasteiger partial charge in [-0.2, -0.15) is 0 Å². The number of pyridine rings is 1. The fourth-order valence-corrected chi connectivity index (χ4v) is 3.32. The molecule has 2 heterocycles. The first-order chi connectivity index (χ1) is 11.5. The van der Waals surface area contributed by atoms with Gasteiger partial charge in [-0.15, -0.1) is 0 Å². The van der Waals surface area contributed by atoms with Crippen molar-refractivity contribution in [3.63, 3.8) is 0 Å². The number of fused-ring (bicyclic) bond motifs is 1. The first-order valence-corrected chi connectivity index (χ1v) is 8.57. The second kappa shape index (κ2) is 6.77. The minimum absolute atomic E-state index is 0.0491. The Morgan fingerprint density at radius 3 is 2.92 bits per heavy atom. The van der Waals surface area contributed by atoms with Gasteiger partial charge in [0.05, 0.1) is 22.9 Å². The third-order valence-corrected chi connectivity index (χ3v) is 4.62. The van der Waals surface area contributed by atoms with Gasteiger partial charge >= 0.3 is 5.97 Å². The zero-order chi connectivity index (χ0) is 17.3. The number of anilines is 2. The smallest absolute Gasteiger partial charge is 0.340 e. The molecule has 3 rings (SSSR count). The number of hydrogen-bond donors (Lipinski definition) is 3. The molecule has 0 bridgehead atoms. The van der Waals surface area contributed by atoms with E-state index in [9.17, 15) is 14.3 Å². The fraction of sp³-hybridized carbons (Fsp3) is 0. The summed E-state index contributed by atoms with van der Waals surface area (Å²) < 4.78 is 16.4. The van der Waals surface area contributed by atoms with Crippen molar-refractivity contribution >= 4 is 62.9 Å². The number of rotatable bonds is 5. The quantitative estimate of drug-likeness (QED) is 0.232. The number of benzene rings is 1. The van der Waals surface area contributed by atoms with E-state index in [1.165, 1.54) is 16.8 Å². The number of thioether (sulfide) groups is 1. The lowest BCUT2D eigenvalue weighted by atomic mass is 10.2. The van der Waals surface area contributed by atoms with Crippen LogP contribution in [0.3, 0.4) is 0 Å². The zero-order valence-electron chi connectivity index (χ0n) is 12.0. The lowest BCUT2D eigenvalue weighted by molar-refractivity contribution is 0.0694. The number of halogens is 2. The number of carbonyl (C=O) groups is 1. The first-order valence-electron chi connectivity index (χ1n) is 6.61. The van der Waals surface area contributed by atoms with Crippen molar-refractivity contribution in [2.45, 2.75) is 4.90 Å². The number of aromatic carboxylic acids is 1. The van der Waals surface area contributed by atoms with Gasteiger partial charge in [-0.05, 0) is 46.9 Å². The Morgan fingerprint density at radius 1 is 1.46 bits per heavy atom. The van der Waals surface area contributed by atoms with Crippen LogP contribution in [0.25, 0.3) is 5.52 Å². The van der Waals surface area contributed by atoms with Gasteiger partial charge in [-0.3, -0.25) is 4.40 Å². The van der Waals surface area contributed by atoms with Gasteiger partial charge in [0.25, 0.3) is 0 Å². The van der Waals surface area contributed by atoms with E-state index in [0.717, 1.165) is 20.9 Å². The van der Waals surface area contributed by atoms with Crippen molar-refractivity contribution in [2.24, 2.45) is 0 Å². The van der Waals surface area contributed by atoms with Crippen molar-refractivity contribution in [1.29, 1.82) is 5.41 Å². The predicted octanol–water partition coefficient (Wildman–Crippen LogP) is 4.22. The van der Waals surface area contributed by atoms with Gasteiger partial charge < -0.3 is 15.8 Å². The highest BCUT2D eigenvalue weighted by atomic mass is 127. The molecule has 0 spiro atoms. The largest absolute Gasteiger partial charge is 0.478 e. The summed E-state index contributed by atoms with van der Waals surface area (Å²) in [5.74, 6) is -1.48. The van der Waals surface area contributed by atoms with E-state index in [0.29, 0.717) is 10.4 Å². The number of hydrogen-bond acceptors (Lipinski definition) is 5. The van der Waals surface area contributed by atoms with Gasteiger partial charge in [-0.1, -0.05) is 11.8 Å². The van der Waals surface area contributed by atoms with Crippen molar-refractivity contribution < 1.29 is 14.3 Å². The van der Waals surface area contributed by atoms with E-state index in [1.807, 2.05) is 22.6 Å². The first kappa shape index (κ1) is 16.7. The summed E-state index contributed by atoms with van der Waals surface area (Å²) in [7, 11) is 0. The molecule has 9 heteroatoms. The van der Waals surface area contributed by atoms with Gasteiger partial charge in [-0.25, -0.2) is 14.2 Å². The Balaban J connectivity index is 2.24. The number of nitrogens with zero attached hydrogens (tertiary/aromatic N) is 2. The van der Waals surface area contributed by atoms with Crippen molar-refractivity contribution in [3.05, 3.63) is 51.7 Å². The lowest BCUT2D eigenvalue weighted by Gasteiger charge is -2.15. The summed E-state index contributed by atoms with van der Waals surface area (Å²) in [4.78, 5) is 16.1. The molecule has 24 heavy (non-hydrogen) atoms. The molecule has 2 aromatic heterocycles. The van der Waals surface area contributed by atoms with E-state index in [2.05, 4.69) is 10.3 Å². The molecule has 0 amide bonds. The summed E-state index contributed by atoms with van der Waals surface area (Å²) in [5.41, 5.74) is 1.79. The molecular weight excluding hydrogens is 446 g/mol. The second-order valence-electron chi connectivity index (χ2n) is 4.71. The third-order valence-electron chi connectivity index (χ3n) is 3.25. The summed E-state index contributed by atoms with van der Waals surface area (Å²) in [6.07, 6.45) is 3.02. The standard InChI is InChI=1S/C15H10FIN4O2S/c16-10-3-8(17)1-2-11(10)20-14-13(15(22)23)12(24-6-18)4-9-5-19-7-21(9)14/h1-7,18,20H,(H,22,23). The minimum atomic E-state index is -1.18. The Morgan fingerprint density at radius 2 is 2.25 bits per heavy atom. The number of carboxylic acid groups (broad SMARTS) is 1.